The van der Waals surface area contributed by atoms with Crippen LogP contribution in [0.5, 0.6) is 5.75 Å². The molecule has 36 heavy (non-hydrogen) atoms. The first kappa shape index (κ1) is 24.8. The third-order valence-corrected chi connectivity index (χ3v) is 5.93. The minimum absolute atomic E-state index is 0.166. The summed E-state index contributed by atoms with van der Waals surface area (Å²) in [6, 6.07) is 23.0. The highest BCUT2D eigenvalue weighted by Gasteiger charge is 2.24. The molecule has 0 aliphatic carbocycles. The molecule has 1 atom stereocenters. The predicted molar refractivity (Wildman–Crippen MR) is 136 cm³/mol. The molecule has 1 unspecified atom stereocenters. The van der Waals surface area contributed by atoms with Crippen molar-refractivity contribution in [2.45, 2.75) is 31.4 Å². The molecule has 0 spiro atoms. The summed E-state index contributed by atoms with van der Waals surface area (Å²) >= 11 is 0. The van der Waals surface area contributed by atoms with E-state index in [-0.39, 0.29) is 11.5 Å². The fourth-order valence-corrected chi connectivity index (χ4v) is 4.09. The Morgan fingerprint density at radius 1 is 0.944 bits per heavy atom. The summed E-state index contributed by atoms with van der Waals surface area (Å²) in [4.78, 5) is 37.3. The Morgan fingerprint density at radius 2 is 1.61 bits per heavy atom. The van der Waals surface area contributed by atoms with Crippen LogP contribution in [0.4, 0.5) is 10.5 Å². The number of ether oxygens (including phenoxy) is 2. The van der Waals surface area contributed by atoms with E-state index in [4.69, 9.17) is 9.47 Å². The van der Waals surface area contributed by atoms with Crippen LogP contribution >= 0.6 is 0 Å². The zero-order valence-corrected chi connectivity index (χ0v) is 20.0. The third-order valence-electron chi connectivity index (χ3n) is 5.93. The minimum Gasteiger partial charge on any atom is -0.480 e. The van der Waals surface area contributed by atoms with Crippen molar-refractivity contribution in [3.8, 4) is 5.75 Å². The van der Waals surface area contributed by atoms with Crippen molar-refractivity contribution in [3.05, 3.63) is 95.6 Å². The molecule has 1 saturated heterocycles. The van der Waals surface area contributed by atoms with Crippen LogP contribution in [0.2, 0.25) is 0 Å². The summed E-state index contributed by atoms with van der Waals surface area (Å²) in [5, 5.41) is 8.19. The third kappa shape index (κ3) is 6.21. The topological polar surface area (TPSA) is 106 Å². The van der Waals surface area contributed by atoms with E-state index in [9.17, 15) is 14.4 Å². The van der Waals surface area contributed by atoms with Gasteiger partial charge in [0, 0.05) is 12.2 Å². The Hall–Kier alpha value is -4.33. The second-order valence-corrected chi connectivity index (χ2v) is 8.46. The molecule has 186 valence electrons. The van der Waals surface area contributed by atoms with Gasteiger partial charge in [-0.05, 0) is 48.6 Å². The van der Waals surface area contributed by atoms with Crippen molar-refractivity contribution in [3.63, 3.8) is 0 Å². The molecule has 1 aliphatic heterocycles. The van der Waals surface area contributed by atoms with E-state index in [1.807, 2.05) is 60.7 Å². The Balaban J connectivity index is 1.57. The van der Waals surface area contributed by atoms with E-state index < -0.39 is 24.1 Å². The van der Waals surface area contributed by atoms with Gasteiger partial charge in [-0.2, -0.15) is 0 Å². The smallest absolute Gasteiger partial charge is 0.341 e. The van der Waals surface area contributed by atoms with Gasteiger partial charge in [-0.15, -0.1) is 0 Å². The molecule has 1 fully saturated rings. The standard InChI is InChI=1S/C28H29N3O5/c1-35-27(33)22-18-21(30-28(34)31-23-14-8-9-17-29-26(23)32)15-16-24(22)36-25(19-10-4-2-5-11-19)20-12-6-3-7-13-20/h2-7,10-13,15-16,18,23,25H,8-9,14,17H2,1H3,(H,29,32)(H2,30,31,34). The van der Waals surface area contributed by atoms with Gasteiger partial charge in [-0.3, -0.25) is 4.79 Å². The molecule has 3 aromatic rings. The Morgan fingerprint density at radius 3 is 2.25 bits per heavy atom. The number of benzene rings is 3. The normalized spacial score (nSPS) is 15.4. The van der Waals surface area contributed by atoms with Gasteiger partial charge < -0.3 is 25.4 Å². The summed E-state index contributed by atoms with van der Waals surface area (Å²) in [5.41, 5.74) is 2.37. The maximum Gasteiger partial charge on any atom is 0.341 e. The van der Waals surface area contributed by atoms with Crippen LogP contribution < -0.4 is 20.7 Å². The highest BCUT2D eigenvalue weighted by atomic mass is 16.5. The maximum atomic E-state index is 12.6. The van der Waals surface area contributed by atoms with Crippen molar-refractivity contribution in [1.82, 2.24) is 10.6 Å². The molecule has 4 rings (SSSR count). The van der Waals surface area contributed by atoms with Crippen LogP contribution in [0.15, 0.2) is 78.9 Å². The largest absolute Gasteiger partial charge is 0.480 e. The van der Waals surface area contributed by atoms with Crippen molar-refractivity contribution in [2.24, 2.45) is 0 Å². The first-order valence-electron chi connectivity index (χ1n) is 11.9. The molecule has 0 aromatic heterocycles. The number of hydrogen-bond donors (Lipinski definition) is 3. The first-order chi connectivity index (χ1) is 17.5. The van der Waals surface area contributed by atoms with Gasteiger partial charge in [0.1, 0.15) is 23.5 Å². The number of methoxy groups -OCH3 is 1. The van der Waals surface area contributed by atoms with Gasteiger partial charge >= 0.3 is 12.0 Å². The number of amides is 3. The average Bonchev–Trinajstić information content (AvgIpc) is 3.12. The molecular weight excluding hydrogens is 458 g/mol. The van der Waals surface area contributed by atoms with Crippen LogP contribution in [0.3, 0.4) is 0 Å². The number of anilines is 1. The molecule has 0 bridgehead atoms. The van der Waals surface area contributed by atoms with Crippen LogP contribution in [0.25, 0.3) is 0 Å². The van der Waals surface area contributed by atoms with Gasteiger partial charge in [-0.25, -0.2) is 9.59 Å². The van der Waals surface area contributed by atoms with Crippen LogP contribution in [0.1, 0.15) is 46.9 Å². The molecule has 8 nitrogen and oxygen atoms in total. The van der Waals surface area contributed by atoms with Crippen molar-refractivity contribution in [2.75, 3.05) is 19.0 Å². The molecule has 0 saturated carbocycles. The summed E-state index contributed by atoms with van der Waals surface area (Å²) in [6.07, 6.45) is 1.82. The fraction of sp³-hybridized carbons (Fsp3) is 0.250. The minimum atomic E-state index is -0.604. The number of esters is 1. The van der Waals surface area contributed by atoms with Gasteiger partial charge in [0.2, 0.25) is 5.91 Å². The molecule has 3 N–H and O–H groups in total. The lowest BCUT2D eigenvalue weighted by molar-refractivity contribution is -0.122. The van der Waals surface area contributed by atoms with Crippen molar-refractivity contribution in [1.29, 1.82) is 0 Å². The molecule has 3 amide bonds. The zero-order chi connectivity index (χ0) is 25.3. The molecule has 0 radical (unpaired) electrons. The fourth-order valence-electron chi connectivity index (χ4n) is 4.09. The van der Waals surface area contributed by atoms with Gasteiger partial charge in [0.15, 0.2) is 0 Å². The van der Waals surface area contributed by atoms with Gasteiger partial charge in [-0.1, -0.05) is 60.7 Å². The number of urea groups is 1. The molecule has 3 aromatic carbocycles. The highest BCUT2D eigenvalue weighted by molar-refractivity contribution is 5.97. The first-order valence-corrected chi connectivity index (χ1v) is 11.9. The van der Waals surface area contributed by atoms with Crippen molar-refractivity contribution < 1.29 is 23.9 Å². The average molecular weight is 488 g/mol. The highest BCUT2D eigenvalue weighted by Crippen LogP contribution is 2.32. The second-order valence-electron chi connectivity index (χ2n) is 8.46. The van der Waals surface area contributed by atoms with E-state index in [1.54, 1.807) is 12.1 Å². The summed E-state index contributed by atoms with van der Waals surface area (Å²) in [7, 11) is 1.29. The van der Waals surface area contributed by atoms with E-state index in [1.165, 1.54) is 13.2 Å². The van der Waals surface area contributed by atoms with E-state index in [0.717, 1.165) is 24.0 Å². The zero-order valence-electron chi connectivity index (χ0n) is 20.0. The van der Waals surface area contributed by atoms with Crippen LogP contribution in [-0.4, -0.2) is 37.6 Å². The summed E-state index contributed by atoms with van der Waals surface area (Å²) in [5.74, 6) is -0.486. The predicted octanol–water partition coefficient (Wildman–Crippen LogP) is 4.43. The maximum absolute atomic E-state index is 12.6. The van der Waals surface area contributed by atoms with Gasteiger partial charge in [0.25, 0.3) is 0 Å². The van der Waals surface area contributed by atoms with E-state index >= 15 is 0 Å². The Bertz CT molecular complexity index is 1160. The second kappa shape index (κ2) is 11.9. The lowest BCUT2D eigenvalue weighted by atomic mass is 10.0. The Labute approximate surface area is 210 Å². The van der Waals surface area contributed by atoms with Crippen LogP contribution in [-0.2, 0) is 9.53 Å². The van der Waals surface area contributed by atoms with Crippen LogP contribution in [0, 0.1) is 0 Å². The lowest BCUT2D eigenvalue weighted by Gasteiger charge is -2.22. The number of carbonyl (C=O) groups excluding carboxylic acids is 3. The molecule has 8 heteroatoms. The lowest BCUT2D eigenvalue weighted by Crippen LogP contribution is -2.47. The quantitative estimate of drug-likeness (QED) is 0.428. The molecule has 1 aliphatic rings. The monoisotopic (exact) mass is 487 g/mol. The molecular formula is C28H29N3O5. The Kier molecular flexibility index (Phi) is 8.18. The number of carbonyl (C=O) groups is 3. The number of hydrogen-bond acceptors (Lipinski definition) is 5. The molecule has 1 heterocycles. The van der Waals surface area contributed by atoms with E-state index in [2.05, 4.69) is 16.0 Å². The SMILES string of the molecule is COC(=O)c1cc(NC(=O)NC2CCCCNC2=O)ccc1OC(c1ccccc1)c1ccccc1. The van der Waals surface area contributed by atoms with E-state index in [0.29, 0.717) is 24.4 Å². The number of nitrogens with one attached hydrogen (secondary N) is 3. The van der Waals surface area contributed by atoms with Crippen molar-refractivity contribution >= 4 is 23.6 Å². The number of rotatable bonds is 7. The summed E-state index contributed by atoms with van der Waals surface area (Å²) in [6.45, 7) is 0.607. The summed E-state index contributed by atoms with van der Waals surface area (Å²) < 4.78 is 11.3. The van der Waals surface area contributed by atoms with Gasteiger partial charge in [0.05, 0.1) is 7.11 Å².